The molecule has 0 bridgehead atoms. The molecule has 3 aromatic rings. The molecule has 0 heterocycles. The third kappa shape index (κ3) is 2.83. The van der Waals surface area contributed by atoms with E-state index in [4.69, 9.17) is 0 Å². The molecule has 0 atom stereocenters. The molecule has 0 aliphatic heterocycles. The lowest BCUT2D eigenvalue weighted by atomic mass is 9.75. The minimum Gasteiger partial charge on any atom is -0.294 e. The van der Waals surface area contributed by atoms with E-state index >= 15 is 0 Å². The molecule has 1 heteroatoms. The number of hydrogen-bond donors (Lipinski definition) is 0. The second kappa shape index (κ2) is 5.85. The summed E-state index contributed by atoms with van der Waals surface area (Å²) in [6.45, 7) is 0. The zero-order valence-corrected chi connectivity index (χ0v) is 12.9. The Balaban J connectivity index is 1.48. The highest BCUT2D eigenvalue weighted by Gasteiger charge is 2.30. The Bertz CT molecular complexity index is 882. The first-order chi connectivity index (χ1) is 11.3. The normalized spacial score (nSPS) is 16.9. The van der Waals surface area contributed by atoms with Crippen LogP contribution in [0.25, 0.3) is 16.8 Å². The van der Waals surface area contributed by atoms with E-state index in [1.807, 2.05) is 30.3 Å². The molecule has 4 rings (SSSR count). The average Bonchev–Trinajstić information content (AvgIpc) is 2.58. The average molecular weight is 298 g/mol. The first kappa shape index (κ1) is 14.0. The van der Waals surface area contributed by atoms with E-state index < -0.39 is 0 Å². The summed E-state index contributed by atoms with van der Waals surface area (Å²) in [5.41, 5.74) is 3.43. The third-order valence-corrected chi connectivity index (χ3v) is 4.59. The molecule has 3 aromatic carbocycles. The number of rotatable bonds is 3. The molecule has 0 amide bonds. The van der Waals surface area contributed by atoms with Gasteiger partial charge in [0.15, 0.2) is 5.78 Å². The maximum atomic E-state index is 12.4. The topological polar surface area (TPSA) is 17.1 Å². The van der Waals surface area contributed by atoms with Crippen molar-refractivity contribution in [3.05, 3.63) is 89.5 Å². The minimum absolute atomic E-state index is 0.157. The number of allylic oxidation sites excluding steroid dienone is 1. The Hall–Kier alpha value is -2.67. The van der Waals surface area contributed by atoms with Gasteiger partial charge in [-0.2, -0.15) is 0 Å². The van der Waals surface area contributed by atoms with E-state index in [1.165, 1.54) is 21.9 Å². The first-order valence-corrected chi connectivity index (χ1v) is 8.07. The van der Waals surface area contributed by atoms with Gasteiger partial charge >= 0.3 is 0 Å². The van der Waals surface area contributed by atoms with Gasteiger partial charge < -0.3 is 0 Å². The van der Waals surface area contributed by atoms with Crippen molar-refractivity contribution < 1.29 is 4.79 Å². The summed E-state index contributed by atoms with van der Waals surface area (Å²) in [6, 6.07) is 24.6. The van der Waals surface area contributed by atoms with E-state index in [0.717, 1.165) is 18.4 Å². The van der Waals surface area contributed by atoms with Crippen LogP contribution in [0.2, 0.25) is 0 Å². The van der Waals surface area contributed by atoms with Gasteiger partial charge in [0.25, 0.3) is 0 Å². The SMILES string of the molecule is O=C(c1ccccc1)C1CC(=Cc2ccc3ccccc3c2)C1. The fourth-order valence-corrected chi connectivity index (χ4v) is 3.25. The van der Waals surface area contributed by atoms with E-state index in [9.17, 15) is 4.79 Å². The quantitative estimate of drug-likeness (QED) is 0.582. The van der Waals surface area contributed by atoms with Crippen molar-refractivity contribution in [2.75, 3.05) is 0 Å². The van der Waals surface area contributed by atoms with Crippen molar-refractivity contribution in [1.29, 1.82) is 0 Å². The zero-order chi connectivity index (χ0) is 15.6. The summed E-state index contributed by atoms with van der Waals surface area (Å²) in [5.74, 6) is 0.436. The van der Waals surface area contributed by atoms with E-state index in [-0.39, 0.29) is 11.7 Å². The third-order valence-electron chi connectivity index (χ3n) is 4.59. The molecule has 1 saturated carbocycles. The molecule has 1 fully saturated rings. The van der Waals surface area contributed by atoms with Crippen LogP contribution in [-0.2, 0) is 0 Å². The number of ketones is 1. The van der Waals surface area contributed by atoms with Crippen LogP contribution in [0.15, 0.2) is 78.4 Å². The van der Waals surface area contributed by atoms with Crippen molar-refractivity contribution in [1.82, 2.24) is 0 Å². The van der Waals surface area contributed by atoms with Gasteiger partial charge in [0, 0.05) is 11.5 Å². The van der Waals surface area contributed by atoms with Crippen LogP contribution in [0.3, 0.4) is 0 Å². The Morgan fingerprint density at radius 1 is 0.826 bits per heavy atom. The number of Topliss-reactive ketones (excluding diaryl/α,β-unsaturated/α-hetero) is 1. The molecule has 0 saturated heterocycles. The van der Waals surface area contributed by atoms with Crippen LogP contribution in [-0.4, -0.2) is 5.78 Å². The van der Waals surface area contributed by atoms with Crippen LogP contribution in [0.1, 0.15) is 28.8 Å². The van der Waals surface area contributed by atoms with Crippen LogP contribution >= 0.6 is 0 Å². The Morgan fingerprint density at radius 2 is 1.52 bits per heavy atom. The summed E-state index contributed by atoms with van der Waals surface area (Å²) in [6.07, 6.45) is 4.02. The fraction of sp³-hybridized carbons (Fsp3) is 0.136. The van der Waals surface area contributed by atoms with Gasteiger partial charge in [0.05, 0.1) is 0 Å². The standard InChI is InChI=1S/C22H18O/c23-22(19-7-2-1-3-8-19)21-14-17(15-21)12-16-10-11-18-6-4-5-9-20(18)13-16/h1-13,21H,14-15H2. The van der Waals surface area contributed by atoms with Crippen molar-refractivity contribution in [2.24, 2.45) is 5.92 Å². The van der Waals surface area contributed by atoms with Crippen molar-refractivity contribution in [3.63, 3.8) is 0 Å². The van der Waals surface area contributed by atoms with Gasteiger partial charge in [-0.15, -0.1) is 0 Å². The summed E-state index contributed by atoms with van der Waals surface area (Å²) in [4.78, 5) is 12.4. The molecular weight excluding hydrogens is 280 g/mol. The summed E-state index contributed by atoms with van der Waals surface area (Å²) in [7, 11) is 0. The minimum atomic E-state index is 0.157. The van der Waals surface area contributed by atoms with E-state index in [1.54, 1.807) is 0 Å². The van der Waals surface area contributed by atoms with E-state index in [2.05, 4.69) is 48.5 Å². The van der Waals surface area contributed by atoms with Crippen molar-refractivity contribution >= 4 is 22.6 Å². The number of hydrogen-bond acceptors (Lipinski definition) is 1. The van der Waals surface area contributed by atoms with Gasteiger partial charge in [-0.25, -0.2) is 0 Å². The van der Waals surface area contributed by atoms with Crippen molar-refractivity contribution in [3.8, 4) is 0 Å². The van der Waals surface area contributed by atoms with Crippen molar-refractivity contribution in [2.45, 2.75) is 12.8 Å². The molecular formula is C22H18O. The van der Waals surface area contributed by atoms with Crippen LogP contribution in [0.4, 0.5) is 0 Å². The first-order valence-electron chi connectivity index (χ1n) is 8.07. The van der Waals surface area contributed by atoms with Gasteiger partial charge in [-0.05, 0) is 35.2 Å². The Morgan fingerprint density at radius 3 is 2.30 bits per heavy atom. The summed E-state index contributed by atoms with van der Waals surface area (Å²) < 4.78 is 0. The van der Waals surface area contributed by atoms with Crippen LogP contribution in [0.5, 0.6) is 0 Å². The van der Waals surface area contributed by atoms with Crippen LogP contribution < -0.4 is 0 Å². The molecule has 1 aliphatic carbocycles. The molecule has 0 unspecified atom stereocenters. The Kier molecular flexibility index (Phi) is 3.55. The molecule has 0 radical (unpaired) electrons. The van der Waals surface area contributed by atoms with Gasteiger partial charge in [-0.1, -0.05) is 78.4 Å². The highest BCUT2D eigenvalue weighted by atomic mass is 16.1. The maximum Gasteiger partial charge on any atom is 0.166 e. The van der Waals surface area contributed by atoms with E-state index in [0.29, 0.717) is 0 Å². The number of carbonyl (C=O) groups is 1. The molecule has 112 valence electrons. The lowest BCUT2D eigenvalue weighted by molar-refractivity contribution is 0.0892. The van der Waals surface area contributed by atoms with Gasteiger partial charge in [0.2, 0.25) is 0 Å². The molecule has 0 aromatic heterocycles. The maximum absolute atomic E-state index is 12.4. The summed E-state index contributed by atoms with van der Waals surface area (Å²) in [5, 5.41) is 2.53. The molecule has 1 nitrogen and oxygen atoms in total. The number of benzene rings is 3. The molecule has 1 aliphatic rings. The summed E-state index contributed by atoms with van der Waals surface area (Å²) >= 11 is 0. The molecule has 23 heavy (non-hydrogen) atoms. The number of fused-ring (bicyclic) bond motifs is 1. The molecule has 0 N–H and O–H groups in total. The highest BCUT2D eigenvalue weighted by Crippen LogP contribution is 2.37. The fourth-order valence-electron chi connectivity index (χ4n) is 3.25. The van der Waals surface area contributed by atoms with Gasteiger partial charge in [0.1, 0.15) is 0 Å². The largest absolute Gasteiger partial charge is 0.294 e. The second-order valence-electron chi connectivity index (χ2n) is 6.24. The highest BCUT2D eigenvalue weighted by molar-refractivity contribution is 5.99. The second-order valence-corrected chi connectivity index (χ2v) is 6.24. The smallest absolute Gasteiger partial charge is 0.166 e. The Labute approximate surface area is 136 Å². The zero-order valence-electron chi connectivity index (χ0n) is 12.9. The lowest BCUT2D eigenvalue weighted by Gasteiger charge is -2.28. The van der Waals surface area contributed by atoms with Gasteiger partial charge in [-0.3, -0.25) is 4.79 Å². The molecule has 0 spiro atoms. The number of carbonyl (C=O) groups excluding carboxylic acids is 1. The van der Waals surface area contributed by atoms with Crippen LogP contribution in [0, 0.1) is 5.92 Å². The lowest BCUT2D eigenvalue weighted by Crippen LogP contribution is -2.24. The predicted octanol–water partition coefficient (Wildman–Crippen LogP) is 5.52. The monoisotopic (exact) mass is 298 g/mol. The predicted molar refractivity (Wildman–Crippen MR) is 95.4 cm³/mol.